The Morgan fingerprint density at radius 3 is 2.67 bits per heavy atom. The normalized spacial score (nSPS) is 10.4. The van der Waals surface area contributed by atoms with Crippen LogP contribution in [0.1, 0.15) is 10.4 Å². The first-order valence-corrected chi connectivity index (χ1v) is 6.72. The number of carbonyl (C=O) groups excluding carboxylic acids is 1. The van der Waals surface area contributed by atoms with Crippen molar-refractivity contribution in [2.75, 3.05) is 32.5 Å². The van der Waals surface area contributed by atoms with Crippen molar-refractivity contribution < 1.29 is 4.79 Å². The van der Waals surface area contributed by atoms with Crippen LogP contribution in [0.2, 0.25) is 0 Å². The van der Waals surface area contributed by atoms with Gasteiger partial charge in [0, 0.05) is 36.7 Å². The molecule has 1 aromatic heterocycles. The Balaban J connectivity index is 1.98. The first-order valence-electron chi connectivity index (χ1n) is 6.72. The van der Waals surface area contributed by atoms with Crippen molar-refractivity contribution in [1.29, 1.82) is 0 Å². The average molecular weight is 285 g/mol. The fraction of sp³-hybridized carbons (Fsp3) is 0.267. The summed E-state index contributed by atoms with van der Waals surface area (Å²) in [5, 5.41) is 5.94. The third-order valence-corrected chi connectivity index (χ3v) is 2.79. The van der Waals surface area contributed by atoms with Gasteiger partial charge >= 0.3 is 0 Å². The number of aromatic nitrogens is 2. The van der Waals surface area contributed by atoms with E-state index < -0.39 is 0 Å². The number of amides is 1. The molecular weight excluding hydrogens is 266 g/mol. The molecule has 0 aliphatic rings. The van der Waals surface area contributed by atoms with Crippen LogP contribution in [-0.4, -0.2) is 48.0 Å². The minimum Gasteiger partial charge on any atom is -0.351 e. The van der Waals surface area contributed by atoms with Crippen molar-refractivity contribution in [1.82, 2.24) is 20.2 Å². The Labute approximate surface area is 124 Å². The van der Waals surface area contributed by atoms with E-state index in [1.807, 2.05) is 31.1 Å². The van der Waals surface area contributed by atoms with Gasteiger partial charge in [0.15, 0.2) is 0 Å². The topological polar surface area (TPSA) is 70.2 Å². The Morgan fingerprint density at radius 1 is 1.19 bits per heavy atom. The molecule has 0 saturated carbocycles. The van der Waals surface area contributed by atoms with E-state index >= 15 is 0 Å². The van der Waals surface area contributed by atoms with E-state index in [4.69, 9.17) is 0 Å². The molecule has 0 aliphatic heterocycles. The van der Waals surface area contributed by atoms with Crippen LogP contribution in [0.3, 0.4) is 0 Å². The minimum absolute atomic E-state index is 0.0884. The van der Waals surface area contributed by atoms with E-state index in [9.17, 15) is 4.79 Å². The zero-order valence-electron chi connectivity index (χ0n) is 12.2. The summed E-state index contributed by atoms with van der Waals surface area (Å²) < 4.78 is 0. The number of hydrogen-bond acceptors (Lipinski definition) is 5. The minimum atomic E-state index is -0.0884. The molecule has 110 valence electrons. The van der Waals surface area contributed by atoms with Crippen LogP contribution in [0.5, 0.6) is 0 Å². The molecule has 0 saturated heterocycles. The van der Waals surface area contributed by atoms with Crippen LogP contribution in [0.25, 0.3) is 0 Å². The largest absolute Gasteiger partial charge is 0.351 e. The molecule has 6 heteroatoms. The maximum atomic E-state index is 12.0. The van der Waals surface area contributed by atoms with Crippen LogP contribution in [0, 0.1) is 0 Å². The highest BCUT2D eigenvalue weighted by Crippen LogP contribution is 2.14. The lowest BCUT2D eigenvalue weighted by atomic mass is 10.2. The molecule has 2 rings (SSSR count). The second kappa shape index (κ2) is 7.35. The average Bonchev–Trinajstić information content (AvgIpc) is 2.48. The van der Waals surface area contributed by atoms with E-state index in [-0.39, 0.29) is 5.91 Å². The molecule has 0 aliphatic carbocycles. The number of likely N-dealkylation sites (N-methyl/N-ethyl adjacent to an activating group) is 1. The van der Waals surface area contributed by atoms with E-state index in [1.54, 1.807) is 30.6 Å². The molecule has 0 atom stereocenters. The van der Waals surface area contributed by atoms with Gasteiger partial charge in [0.25, 0.3) is 5.91 Å². The van der Waals surface area contributed by atoms with Crippen molar-refractivity contribution in [2.45, 2.75) is 0 Å². The molecule has 0 radical (unpaired) electrons. The van der Waals surface area contributed by atoms with Gasteiger partial charge < -0.3 is 15.5 Å². The molecular formula is C15H19N5O. The van der Waals surface area contributed by atoms with E-state index in [0.29, 0.717) is 18.1 Å². The number of hydrogen-bond donors (Lipinski definition) is 2. The predicted octanol–water partition coefficient (Wildman–Crippen LogP) is 1.51. The number of rotatable bonds is 6. The Hall–Kier alpha value is -2.47. The van der Waals surface area contributed by atoms with Gasteiger partial charge in [-0.2, -0.15) is 0 Å². The van der Waals surface area contributed by atoms with Gasteiger partial charge in [-0.3, -0.25) is 4.79 Å². The van der Waals surface area contributed by atoms with Crippen molar-refractivity contribution >= 4 is 17.5 Å². The summed E-state index contributed by atoms with van der Waals surface area (Å²) in [6.45, 7) is 1.42. The number of anilines is 2. The maximum Gasteiger partial charge on any atom is 0.251 e. The van der Waals surface area contributed by atoms with Gasteiger partial charge in [-0.25, -0.2) is 9.97 Å². The Morgan fingerprint density at radius 2 is 1.95 bits per heavy atom. The maximum absolute atomic E-state index is 12.0. The summed E-state index contributed by atoms with van der Waals surface area (Å²) >= 11 is 0. The molecule has 21 heavy (non-hydrogen) atoms. The zero-order valence-corrected chi connectivity index (χ0v) is 12.2. The van der Waals surface area contributed by atoms with Crippen LogP contribution in [0.4, 0.5) is 11.6 Å². The van der Waals surface area contributed by atoms with E-state index in [2.05, 4.69) is 20.6 Å². The van der Waals surface area contributed by atoms with Crippen molar-refractivity contribution in [2.24, 2.45) is 0 Å². The van der Waals surface area contributed by atoms with E-state index in [0.717, 1.165) is 12.2 Å². The van der Waals surface area contributed by atoms with Gasteiger partial charge in [0.1, 0.15) is 0 Å². The first kappa shape index (κ1) is 14.9. The van der Waals surface area contributed by atoms with Crippen molar-refractivity contribution in [3.05, 3.63) is 48.3 Å². The van der Waals surface area contributed by atoms with Crippen molar-refractivity contribution in [3.8, 4) is 0 Å². The third kappa shape index (κ3) is 4.85. The lowest BCUT2D eigenvalue weighted by Gasteiger charge is -2.11. The lowest BCUT2D eigenvalue weighted by Crippen LogP contribution is -2.31. The third-order valence-electron chi connectivity index (χ3n) is 2.79. The summed E-state index contributed by atoms with van der Waals surface area (Å²) in [4.78, 5) is 22.2. The molecule has 1 heterocycles. The summed E-state index contributed by atoms with van der Waals surface area (Å²) in [5.74, 6) is 0.414. The van der Waals surface area contributed by atoms with Crippen molar-refractivity contribution in [3.63, 3.8) is 0 Å². The number of nitrogens with zero attached hydrogens (tertiary/aromatic N) is 3. The Bertz CT molecular complexity index is 586. The predicted molar refractivity (Wildman–Crippen MR) is 82.6 cm³/mol. The second-order valence-corrected chi connectivity index (χ2v) is 4.84. The highest BCUT2D eigenvalue weighted by molar-refractivity contribution is 5.95. The van der Waals surface area contributed by atoms with Gasteiger partial charge in [-0.15, -0.1) is 0 Å². The number of nitrogens with one attached hydrogen (secondary N) is 2. The molecule has 6 nitrogen and oxygen atoms in total. The SMILES string of the molecule is CN(C)CCNC(=O)c1cccc(Nc2ncccn2)c1. The molecule has 0 unspecified atom stereocenters. The zero-order chi connectivity index (χ0) is 15.1. The smallest absolute Gasteiger partial charge is 0.251 e. The van der Waals surface area contributed by atoms with Gasteiger partial charge in [0.2, 0.25) is 5.95 Å². The standard InChI is InChI=1S/C15H19N5O/c1-20(2)10-9-16-14(21)12-5-3-6-13(11-12)19-15-17-7-4-8-18-15/h3-8,11H,9-10H2,1-2H3,(H,16,21)(H,17,18,19). The van der Waals surface area contributed by atoms with Gasteiger partial charge in [-0.1, -0.05) is 6.07 Å². The molecule has 0 bridgehead atoms. The summed E-state index contributed by atoms with van der Waals surface area (Å²) in [6.07, 6.45) is 3.32. The van der Waals surface area contributed by atoms with Gasteiger partial charge in [-0.05, 0) is 38.4 Å². The Kier molecular flexibility index (Phi) is 5.22. The summed E-state index contributed by atoms with van der Waals surface area (Å²) in [7, 11) is 3.94. The first-order chi connectivity index (χ1) is 10.1. The van der Waals surface area contributed by atoms with Crippen LogP contribution < -0.4 is 10.6 Å². The molecule has 2 N–H and O–H groups in total. The molecule has 1 aromatic carbocycles. The van der Waals surface area contributed by atoms with Crippen LogP contribution in [-0.2, 0) is 0 Å². The number of benzene rings is 1. The quantitative estimate of drug-likeness (QED) is 0.842. The molecule has 0 spiro atoms. The van der Waals surface area contributed by atoms with E-state index in [1.165, 1.54) is 0 Å². The highest BCUT2D eigenvalue weighted by Gasteiger charge is 2.06. The molecule has 1 amide bonds. The molecule has 2 aromatic rings. The fourth-order valence-corrected chi connectivity index (χ4v) is 1.73. The highest BCUT2D eigenvalue weighted by atomic mass is 16.1. The summed E-state index contributed by atoms with van der Waals surface area (Å²) in [5.41, 5.74) is 1.39. The van der Waals surface area contributed by atoms with Gasteiger partial charge in [0.05, 0.1) is 0 Å². The lowest BCUT2D eigenvalue weighted by molar-refractivity contribution is 0.0951. The monoisotopic (exact) mass is 285 g/mol. The second-order valence-electron chi connectivity index (χ2n) is 4.84. The molecule has 0 fully saturated rings. The van der Waals surface area contributed by atoms with Crippen LogP contribution in [0.15, 0.2) is 42.7 Å². The summed E-state index contributed by atoms with van der Waals surface area (Å²) in [6, 6.07) is 9.00. The van der Waals surface area contributed by atoms with Crippen LogP contribution >= 0.6 is 0 Å². The number of carbonyl (C=O) groups is 1. The fourth-order valence-electron chi connectivity index (χ4n) is 1.73.